The molecule has 0 aromatic heterocycles. The molecule has 0 aliphatic rings. The van der Waals surface area contributed by atoms with E-state index in [1.807, 2.05) is 62.4 Å². The molecule has 3 aromatic rings. The topological polar surface area (TPSA) is 79.8 Å². The highest BCUT2D eigenvalue weighted by Gasteiger charge is 2.25. The lowest BCUT2D eigenvalue weighted by atomic mass is 10.0. The molecule has 0 saturated heterocycles. The Bertz CT molecular complexity index is 1150. The van der Waals surface area contributed by atoms with Gasteiger partial charge in [0.1, 0.15) is 18.4 Å². The molecule has 2 N–H and O–H groups in total. The fraction of sp³-hybridized carbons (Fsp3) is 0.192. The van der Waals surface area contributed by atoms with Crippen LogP contribution in [0.1, 0.15) is 35.3 Å². The number of ether oxygens (including phenoxy) is 1. The van der Waals surface area contributed by atoms with E-state index in [0.717, 1.165) is 11.1 Å². The van der Waals surface area contributed by atoms with Crippen molar-refractivity contribution in [2.75, 3.05) is 0 Å². The summed E-state index contributed by atoms with van der Waals surface area (Å²) in [5.41, 5.74) is 4.59. The standard InChI is InChI=1S/C26H25Cl2N3O3/c1-17(2)24(30-25(32)22-5-3-4-6-23(22)28)26(33)31-29-15-18-9-13-21(14-10-18)34-16-19-7-11-20(27)12-8-19/h3-15,17,24H,16H2,1-2H3,(H,30,32)(H,31,33). The lowest BCUT2D eigenvalue weighted by Gasteiger charge is -2.20. The summed E-state index contributed by atoms with van der Waals surface area (Å²) in [7, 11) is 0. The molecule has 0 spiro atoms. The van der Waals surface area contributed by atoms with E-state index >= 15 is 0 Å². The van der Waals surface area contributed by atoms with Gasteiger partial charge in [0.25, 0.3) is 11.8 Å². The normalized spacial score (nSPS) is 11.9. The zero-order chi connectivity index (χ0) is 24.5. The molecule has 1 atom stereocenters. The van der Waals surface area contributed by atoms with E-state index in [0.29, 0.717) is 28.0 Å². The summed E-state index contributed by atoms with van der Waals surface area (Å²) < 4.78 is 5.76. The third-order valence-corrected chi connectivity index (χ3v) is 5.52. The molecule has 0 saturated carbocycles. The Kier molecular flexibility index (Phi) is 9.08. The first-order chi connectivity index (χ1) is 16.3. The van der Waals surface area contributed by atoms with Crippen LogP contribution in [0.25, 0.3) is 0 Å². The monoisotopic (exact) mass is 497 g/mol. The number of nitrogens with one attached hydrogen (secondary N) is 2. The molecule has 0 aliphatic heterocycles. The van der Waals surface area contributed by atoms with E-state index < -0.39 is 17.9 Å². The lowest BCUT2D eigenvalue weighted by Crippen LogP contribution is -2.48. The summed E-state index contributed by atoms with van der Waals surface area (Å²) in [6.07, 6.45) is 1.52. The smallest absolute Gasteiger partial charge is 0.262 e. The number of hydrogen-bond donors (Lipinski definition) is 2. The summed E-state index contributed by atoms with van der Waals surface area (Å²) in [4.78, 5) is 25.2. The van der Waals surface area contributed by atoms with Crippen molar-refractivity contribution in [3.05, 3.63) is 99.5 Å². The average molecular weight is 498 g/mol. The van der Waals surface area contributed by atoms with Gasteiger partial charge in [0.15, 0.2) is 0 Å². The first kappa shape index (κ1) is 25.3. The van der Waals surface area contributed by atoms with E-state index in [1.54, 1.807) is 24.3 Å². The lowest BCUT2D eigenvalue weighted by molar-refractivity contribution is -0.123. The molecule has 3 aromatic carbocycles. The van der Waals surface area contributed by atoms with Crippen LogP contribution in [0.4, 0.5) is 0 Å². The van der Waals surface area contributed by atoms with Crippen molar-refractivity contribution in [3.63, 3.8) is 0 Å². The second-order valence-electron chi connectivity index (χ2n) is 7.89. The SMILES string of the molecule is CC(C)C(NC(=O)c1ccccc1Cl)C(=O)NN=Cc1ccc(OCc2ccc(Cl)cc2)cc1. The summed E-state index contributed by atoms with van der Waals surface area (Å²) in [5, 5.41) is 7.75. The number of hydrazone groups is 1. The van der Waals surface area contributed by atoms with E-state index in [1.165, 1.54) is 6.21 Å². The van der Waals surface area contributed by atoms with Gasteiger partial charge in [0, 0.05) is 5.02 Å². The number of halogens is 2. The zero-order valence-corrected chi connectivity index (χ0v) is 20.3. The third-order valence-electron chi connectivity index (χ3n) is 4.94. The number of carbonyl (C=O) groups excluding carboxylic acids is 2. The van der Waals surface area contributed by atoms with Crippen molar-refractivity contribution in [1.29, 1.82) is 0 Å². The van der Waals surface area contributed by atoms with Gasteiger partial charge in [-0.3, -0.25) is 9.59 Å². The third kappa shape index (κ3) is 7.33. The van der Waals surface area contributed by atoms with Crippen LogP contribution in [-0.4, -0.2) is 24.1 Å². The summed E-state index contributed by atoms with van der Waals surface area (Å²) in [6, 6.07) is 20.7. The van der Waals surface area contributed by atoms with E-state index in [9.17, 15) is 9.59 Å². The number of rotatable bonds is 9. The maximum Gasteiger partial charge on any atom is 0.262 e. The number of benzene rings is 3. The molecule has 0 radical (unpaired) electrons. The van der Waals surface area contributed by atoms with E-state index in [2.05, 4.69) is 15.8 Å². The van der Waals surface area contributed by atoms with Crippen molar-refractivity contribution in [3.8, 4) is 5.75 Å². The fourth-order valence-corrected chi connectivity index (χ4v) is 3.38. The second kappa shape index (κ2) is 12.2. The van der Waals surface area contributed by atoms with Gasteiger partial charge in [0.05, 0.1) is 16.8 Å². The van der Waals surface area contributed by atoms with Gasteiger partial charge in [-0.15, -0.1) is 0 Å². The molecular formula is C26H25Cl2N3O3. The van der Waals surface area contributed by atoms with Gasteiger partial charge in [-0.05, 0) is 65.6 Å². The van der Waals surface area contributed by atoms with Crippen LogP contribution in [0.5, 0.6) is 5.75 Å². The molecule has 2 amide bonds. The van der Waals surface area contributed by atoms with E-state index in [-0.39, 0.29) is 5.92 Å². The Balaban J connectivity index is 1.53. The van der Waals surface area contributed by atoms with Crippen molar-refractivity contribution < 1.29 is 14.3 Å². The Labute approximate surface area is 208 Å². The Morgan fingerprint density at radius 3 is 2.29 bits per heavy atom. The minimum Gasteiger partial charge on any atom is -0.489 e. The second-order valence-corrected chi connectivity index (χ2v) is 8.74. The Morgan fingerprint density at radius 2 is 1.65 bits per heavy atom. The Morgan fingerprint density at radius 1 is 0.971 bits per heavy atom. The highest BCUT2D eigenvalue weighted by molar-refractivity contribution is 6.33. The predicted octanol–water partition coefficient (Wildman–Crippen LogP) is 5.48. The van der Waals surface area contributed by atoms with Crippen LogP contribution in [0, 0.1) is 5.92 Å². The molecule has 8 heteroatoms. The van der Waals surface area contributed by atoms with Crippen LogP contribution in [0.3, 0.4) is 0 Å². The van der Waals surface area contributed by atoms with Gasteiger partial charge < -0.3 is 10.1 Å². The highest BCUT2D eigenvalue weighted by Crippen LogP contribution is 2.16. The molecule has 3 rings (SSSR count). The molecule has 0 heterocycles. The summed E-state index contributed by atoms with van der Waals surface area (Å²) in [6.45, 7) is 4.10. The zero-order valence-electron chi connectivity index (χ0n) is 18.8. The Hall–Kier alpha value is -3.35. The predicted molar refractivity (Wildman–Crippen MR) is 136 cm³/mol. The maximum absolute atomic E-state index is 12.6. The minimum absolute atomic E-state index is 0.154. The first-order valence-electron chi connectivity index (χ1n) is 10.7. The molecule has 34 heavy (non-hydrogen) atoms. The molecule has 6 nitrogen and oxygen atoms in total. The minimum atomic E-state index is -0.774. The van der Waals surface area contributed by atoms with Gasteiger partial charge in [-0.25, -0.2) is 5.43 Å². The summed E-state index contributed by atoms with van der Waals surface area (Å²) in [5.74, 6) is -0.288. The highest BCUT2D eigenvalue weighted by atomic mass is 35.5. The van der Waals surface area contributed by atoms with Crippen LogP contribution in [0.15, 0.2) is 77.9 Å². The van der Waals surface area contributed by atoms with Crippen molar-refractivity contribution >= 4 is 41.2 Å². The number of nitrogens with zero attached hydrogens (tertiary/aromatic N) is 1. The number of amides is 2. The molecule has 0 bridgehead atoms. The number of carbonyl (C=O) groups is 2. The van der Waals surface area contributed by atoms with Crippen molar-refractivity contribution in [1.82, 2.24) is 10.7 Å². The fourth-order valence-electron chi connectivity index (χ4n) is 3.04. The molecule has 0 fully saturated rings. The molecule has 1 unspecified atom stereocenters. The molecule has 0 aliphatic carbocycles. The average Bonchev–Trinajstić information content (AvgIpc) is 2.83. The van der Waals surface area contributed by atoms with Crippen molar-refractivity contribution in [2.24, 2.45) is 11.0 Å². The van der Waals surface area contributed by atoms with Gasteiger partial charge in [-0.2, -0.15) is 5.10 Å². The van der Waals surface area contributed by atoms with Crippen molar-refractivity contribution in [2.45, 2.75) is 26.5 Å². The van der Waals surface area contributed by atoms with Crippen LogP contribution in [0.2, 0.25) is 10.0 Å². The van der Waals surface area contributed by atoms with Crippen LogP contribution in [-0.2, 0) is 11.4 Å². The van der Waals surface area contributed by atoms with E-state index in [4.69, 9.17) is 27.9 Å². The summed E-state index contributed by atoms with van der Waals surface area (Å²) >= 11 is 12.0. The molecule has 176 valence electrons. The van der Waals surface area contributed by atoms with Gasteiger partial charge in [0.2, 0.25) is 0 Å². The molecular weight excluding hydrogens is 473 g/mol. The maximum atomic E-state index is 12.6. The van der Waals surface area contributed by atoms with Crippen LogP contribution >= 0.6 is 23.2 Å². The van der Waals surface area contributed by atoms with Crippen LogP contribution < -0.4 is 15.5 Å². The number of hydrogen-bond acceptors (Lipinski definition) is 4. The van der Waals surface area contributed by atoms with Gasteiger partial charge in [-0.1, -0.05) is 61.3 Å². The largest absolute Gasteiger partial charge is 0.489 e. The first-order valence-corrected chi connectivity index (χ1v) is 11.4. The van der Waals surface area contributed by atoms with Gasteiger partial charge >= 0.3 is 0 Å². The quantitative estimate of drug-likeness (QED) is 0.303.